The number of carbonyl (C=O) groups is 1. The van der Waals surface area contributed by atoms with Crippen LogP contribution in [0.1, 0.15) is 26.3 Å². The van der Waals surface area contributed by atoms with E-state index in [2.05, 4.69) is 5.32 Å². The highest BCUT2D eigenvalue weighted by Crippen LogP contribution is 2.36. The second-order valence-corrected chi connectivity index (χ2v) is 5.31. The number of para-hydroxylation sites is 1. The van der Waals surface area contributed by atoms with E-state index in [0.29, 0.717) is 0 Å². The van der Waals surface area contributed by atoms with Gasteiger partial charge in [0.15, 0.2) is 6.10 Å². The van der Waals surface area contributed by atoms with Crippen molar-refractivity contribution in [2.75, 3.05) is 6.54 Å². The van der Waals surface area contributed by atoms with Crippen molar-refractivity contribution >= 4 is 5.91 Å². The first kappa shape index (κ1) is 18.3. The third-order valence-electron chi connectivity index (χ3n) is 3.12. The fourth-order valence-electron chi connectivity index (χ4n) is 1.63. The number of rotatable bonds is 6. The fraction of sp³-hybridized carbons (Fsp3) is 0.533. The molecule has 0 bridgehead atoms. The SMILES string of the molecule is CC(Oc1ccccc1C(F)(F)F)C(=O)NCC(O)C(C)C. The normalized spacial score (nSPS) is 14.5. The van der Waals surface area contributed by atoms with Gasteiger partial charge in [-0.25, -0.2) is 0 Å². The van der Waals surface area contributed by atoms with Gasteiger partial charge in [0.1, 0.15) is 5.75 Å². The van der Waals surface area contributed by atoms with Crippen molar-refractivity contribution in [2.45, 2.75) is 39.2 Å². The van der Waals surface area contributed by atoms with Crippen LogP contribution in [0.2, 0.25) is 0 Å². The summed E-state index contributed by atoms with van der Waals surface area (Å²) in [5, 5.41) is 12.0. The van der Waals surface area contributed by atoms with Gasteiger partial charge in [0.25, 0.3) is 5.91 Å². The summed E-state index contributed by atoms with van der Waals surface area (Å²) >= 11 is 0. The van der Waals surface area contributed by atoms with Crippen LogP contribution in [0.3, 0.4) is 0 Å². The molecule has 7 heteroatoms. The lowest BCUT2D eigenvalue weighted by Crippen LogP contribution is -2.41. The fourth-order valence-corrected chi connectivity index (χ4v) is 1.63. The number of aliphatic hydroxyl groups is 1. The molecule has 22 heavy (non-hydrogen) atoms. The predicted molar refractivity (Wildman–Crippen MR) is 75.4 cm³/mol. The highest BCUT2D eigenvalue weighted by Gasteiger charge is 2.34. The maximum absolute atomic E-state index is 12.8. The number of halogens is 3. The molecule has 0 aliphatic heterocycles. The van der Waals surface area contributed by atoms with E-state index < -0.39 is 35.6 Å². The van der Waals surface area contributed by atoms with Crippen molar-refractivity contribution in [3.05, 3.63) is 29.8 Å². The van der Waals surface area contributed by atoms with Crippen LogP contribution in [0.15, 0.2) is 24.3 Å². The number of alkyl halides is 3. The molecule has 1 aromatic carbocycles. The standard InChI is InChI=1S/C15H20F3NO3/c1-9(2)12(20)8-19-14(21)10(3)22-13-7-5-4-6-11(13)15(16,17)18/h4-7,9-10,12,20H,8H2,1-3H3,(H,19,21). The summed E-state index contributed by atoms with van der Waals surface area (Å²) in [6, 6.07) is 4.70. The van der Waals surface area contributed by atoms with Gasteiger partial charge in [0, 0.05) is 6.54 Å². The maximum Gasteiger partial charge on any atom is 0.419 e. The van der Waals surface area contributed by atoms with Gasteiger partial charge < -0.3 is 15.2 Å². The van der Waals surface area contributed by atoms with Gasteiger partial charge in [0.05, 0.1) is 11.7 Å². The van der Waals surface area contributed by atoms with E-state index in [1.807, 2.05) is 0 Å². The van der Waals surface area contributed by atoms with Crippen molar-refractivity contribution in [1.82, 2.24) is 5.32 Å². The molecule has 0 fully saturated rings. The summed E-state index contributed by atoms with van der Waals surface area (Å²) in [6.45, 7) is 4.95. The molecule has 0 aliphatic carbocycles. The van der Waals surface area contributed by atoms with E-state index in [4.69, 9.17) is 4.74 Å². The Bertz CT molecular complexity index is 503. The maximum atomic E-state index is 12.8. The van der Waals surface area contributed by atoms with Gasteiger partial charge in [-0.1, -0.05) is 26.0 Å². The van der Waals surface area contributed by atoms with Crippen LogP contribution in [0.5, 0.6) is 5.75 Å². The van der Waals surface area contributed by atoms with Gasteiger partial charge in [-0.05, 0) is 25.0 Å². The molecule has 0 aromatic heterocycles. The monoisotopic (exact) mass is 319 g/mol. The lowest BCUT2D eigenvalue weighted by atomic mass is 10.1. The number of hydrogen-bond donors (Lipinski definition) is 2. The van der Waals surface area contributed by atoms with Gasteiger partial charge >= 0.3 is 6.18 Å². The highest BCUT2D eigenvalue weighted by molar-refractivity contribution is 5.80. The van der Waals surface area contributed by atoms with Crippen LogP contribution in [0, 0.1) is 5.92 Å². The van der Waals surface area contributed by atoms with Crippen molar-refractivity contribution in [3.8, 4) is 5.75 Å². The van der Waals surface area contributed by atoms with E-state index in [1.54, 1.807) is 13.8 Å². The molecular weight excluding hydrogens is 299 g/mol. The van der Waals surface area contributed by atoms with Crippen LogP contribution in [-0.4, -0.2) is 29.8 Å². The van der Waals surface area contributed by atoms with Crippen LogP contribution in [-0.2, 0) is 11.0 Å². The second kappa shape index (κ2) is 7.49. The Hall–Kier alpha value is -1.76. The molecule has 2 N–H and O–H groups in total. The Labute approximate surface area is 127 Å². The van der Waals surface area contributed by atoms with Crippen LogP contribution in [0.25, 0.3) is 0 Å². The van der Waals surface area contributed by atoms with Crippen LogP contribution >= 0.6 is 0 Å². The van der Waals surface area contributed by atoms with Crippen molar-refractivity contribution in [1.29, 1.82) is 0 Å². The minimum Gasteiger partial charge on any atom is -0.480 e. The molecule has 1 aromatic rings. The molecule has 0 saturated heterocycles. The number of nitrogens with one attached hydrogen (secondary N) is 1. The van der Waals surface area contributed by atoms with E-state index in [9.17, 15) is 23.1 Å². The Morgan fingerprint density at radius 3 is 2.41 bits per heavy atom. The van der Waals surface area contributed by atoms with Crippen molar-refractivity contribution in [3.63, 3.8) is 0 Å². The third kappa shape index (κ3) is 5.22. The number of hydrogen-bond acceptors (Lipinski definition) is 3. The van der Waals surface area contributed by atoms with Crippen molar-refractivity contribution in [2.24, 2.45) is 5.92 Å². The third-order valence-corrected chi connectivity index (χ3v) is 3.12. The summed E-state index contributed by atoms with van der Waals surface area (Å²) in [4.78, 5) is 11.8. The summed E-state index contributed by atoms with van der Waals surface area (Å²) in [5.41, 5.74) is -0.933. The van der Waals surface area contributed by atoms with E-state index >= 15 is 0 Å². The molecule has 0 aliphatic rings. The van der Waals surface area contributed by atoms with E-state index in [-0.39, 0.29) is 12.5 Å². The molecule has 1 rings (SSSR count). The quantitative estimate of drug-likeness (QED) is 0.847. The Morgan fingerprint density at radius 1 is 1.27 bits per heavy atom. The first-order valence-corrected chi connectivity index (χ1v) is 6.91. The zero-order valence-corrected chi connectivity index (χ0v) is 12.6. The van der Waals surface area contributed by atoms with Gasteiger partial charge in [-0.3, -0.25) is 4.79 Å². The molecule has 124 valence electrons. The molecular formula is C15H20F3NO3. The minimum absolute atomic E-state index is 0.0190. The minimum atomic E-state index is -4.55. The lowest BCUT2D eigenvalue weighted by Gasteiger charge is -2.20. The number of ether oxygens (including phenoxy) is 1. The summed E-state index contributed by atoms with van der Waals surface area (Å²) in [6.07, 6.45) is -6.39. The summed E-state index contributed by atoms with van der Waals surface area (Å²) in [5.74, 6) is -1.03. The molecule has 0 saturated carbocycles. The first-order chi connectivity index (χ1) is 10.1. The molecule has 2 atom stereocenters. The number of amides is 1. The average Bonchev–Trinajstić information content (AvgIpc) is 2.43. The zero-order valence-electron chi connectivity index (χ0n) is 12.6. The van der Waals surface area contributed by atoms with Crippen molar-refractivity contribution < 1.29 is 27.8 Å². The molecule has 0 radical (unpaired) electrons. The predicted octanol–water partition coefficient (Wildman–Crippen LogP) is 2.61. The molecule has 4 nitrogen and oxygen atoms in total. The number of aliphatic hydroxyl groups excluding tert-OH is 1. The Balaban J connectivity index is 2.69. The van der Waals surface area contributed by atoms with E-state index in [1.165, 1.54) is 19.1 Å². The topological polar surface area (TPSA) is 58.6 Å². The molecule has 2 unspecified atom stereocenters. The van der Waals surface area contributed by atoms with Gasteiger partial charge in [0.2, 0.25) is 0 Å². The van der Waals surface area contributed by atoms with E-state index in [0.717, 1.165) is 12.1 Å². The number of carbonyl (C=O) groups excluding carboxylic acids is 1. The first-order valence-electron chi connectivity index (χ1n) is 6.91. The highest BCUT2D eigenvalue weighted by atomic mass is 19.4. The Kier molecular flexibility index (Phi) is 6.22. The summed E-state index contributed by atoms with van der Waals surface area (Å²) in [7, 11) is 0. The van der Waals surface area contributed by atoms with Gasteiger partial charge in [-0.15, -0.1) is 0 Å². The van der Waals surface area contributed by atoms with Crippen LogP contribution in [0.4, 0.5) is 13.2 Å². The largest absolute Gasteiger partial charge is 0.480 e. The molecule has 0 spiro atoms. The van der Waals surface area contributed by atoms with Gasteiger partial charge in [-0.2, -0.15) is 13.2 Å². The Morgan fingerprint density at radius 2 is 1.86 bits per heavy atom. The number of benzene rings is 1. The molecule has 0 heterocycles. The smallest absolute Gasteiger partial charge is 0.419 e. The average molecular weight is 319 g/mol. The lowest BCUT2D eigenvalue weighted by molar-refractivity contribution is -0.140. The molecule has 1 amide bonds. The van der Waals surface area contributed by atoms with Crippen LogP contribution < -0.4 is 10.1 Å². The second-order valence-electron chi connectivity index (χ2n) is 5.31. The summed E-state index contributed by atoms with van der Waals surface area (Å²) < 4.78 is 43.6. The zero-order chi connectivity index (χ0) is 16.9.